The smallest absolute Gasteiger partial charge is 0.336 e. The Balaban J connectivity index is 2.15. The molecule has 2 nitrogen and oxygen atoms in total. The van der Waals surface area contributed by atoms with Crippen LogP contribution >= 0.6 is 0 Å². The molecule has 2 heteroatoms. The predicted molar refractivity (Wildman–Crippen MR) is 85.4 cm³/mol. The maximum absolute atomic E-state index is 11.8. The topological polar surface area (TPSA) is 30.2 Å². The Morgan fingerprint density at radius 1 is 0.714 bits per heavy atom. The van der Waals surface area contributed by atoms with Gasteiger partial charge in [-0.2, -0.15) is 0 Å². The van der Waals surface area contributed by atoms with Crippen LogP contribution in [0, 0.1) is 0 Å². The molecule has 0 saturated heterocycles. The third kappa shape index (κ3) is 2.01. The van der Waals surface area contributed by atoms with E-state index in [0.717, 1.165) is 27.3 Å². The molecule has 100 valence electrons. The highest BCUT2D eigenvalue weighted by molar-refractivity contribution is 6.02. The summed E-state index contributed by atoms with van der Waals surface area (Å²) < 4.78 is 5.38. The van der Waals surface area contributed by atoms with Crippen LogP contribution in [0.15, 0.2) is 82.0 Å². The minimum absolute atomic E-state index is 0.323. The van der Waals surface area contributed by atoms with E-state index in [1.807, 2.05) is 54.6 Å². The summed E-state index contributed by atoms with van der Waals surface area (Å²) in [6, 6.07) is 23.6. The molecule has 4 rings (SSSR count). The van der Waals surface area contributed by atoms with E-state index in [2.05, 4.69) is 12.1 Å². The zero-order valence-corrected chi connectivity index (χ0v) is 11.2. The fourth-order valence-corrected chi connectivity index (χ4v) is 2.70. The van der Waals surface area contributed by atoms with E-state index in [0.29, 0.717) is 5.58 Å². The monoisotopic (exact) mass is 272 g/mol. The maximum Gasteiger partial charge on any atom is 0.336 e. The lowest BCUT2D eigenvalue weighted by Crippen LogP contribution is -1.98. The van der Waals surface area contributed by atoms with Crippen LogP contribution < -0.4 is 5.63 Å². The Kier molecular flexibility index (Phi) is 2.61. The van der Waals surface area contributed by atoms with Gasteiger partial charge in [0, 0.05) is 11.5 Å². The second-order valence-corrected chi connectivity index (χ2v) is 5.04. The molecule has 0 radical (unpaired) electrons. The number of hydrogen-bond donors (Lipinski definition) is 0. The highest BCUT2D eigenvalue weighted by atomic mass is 16.4. The first-order valence-electron chi connectivity index (χ1n) is 6.83. The van der Waals surface area contributed by atoms with Gasteiger partial charge in [-0.25, -0.2) is 4.79 Å². The van der Waals surface area contributed by atoms with Crippen molar-refractivity contribution in [1.29, 1.82) is 0 Å². The molecule has 0 aliphatic heterocycles. The maximum atomic E-state index is 11.8. The van der Waals surface area contributed by atoms with Gasteiger partial charge in [0.05, 0.1) is 0 Å². The first-order chi connectivity index (χ1) is 10.3. The van der Waals surface area contributed by atoms with Crippen molar-refractivity contribution in [3.8, 4) is 11.1 Å². The summed E-state index contributed by atoms with van der Waals surface area (Å²) in [5.74, 6) is 0. The molecule has 3 aromatic carbocycles. The average Bonchev–Trinajstić information content (AvgIpc) is 2.53. The molecule has 0 unspecified atom stereocenters. The van der Waals surface area contributed by atoms with Crippen molar-refractivity contribution < 1.29 is 4.42 Å². The van der Waals surface area contributed by atoms with E-state index in [4.69, 9.17) is 4.42 Å². The number of rotatable bonds is 1. The van der Waals surface area contributed by atoms with E-state index in [1.165, 1.54) is 0 Å². The molecule has 0 atom stereocenters. The highest BCUT2D eigenvalue weighted by Gasteiger charge is 2.08. The van der Waals surface area contributed by atoms with Crippen LogP contribution in [0.5, 0.6) is 0 Å². The normalized spacial score (nSPS) is 11.0. The third-order valence-corrected chi connectivity index (χ3v) is 3.70. The van der Waals surface area contributed by atoms with Gasteiger partial charge < -0.3 is 4.42 Å². The van der Waals surface area contributed by atoms with Crippen LogP contribution in [0.4, 0.5) is 0 Å². The van der Waals surface area contributed by atoms with Gasteiger partial charge in [0.2, 0.25) is 0 Å². The minimum atomic E-state index is -0.323. The summed E-state index contributed by atoms with van der Waals surface area (Å²) in [6.07, 6.45) is 0. The van der Waals surface area contributed by atoms with Crippen molar-refractivity contribution in [3.05, 3.63) is 83.2 Å². The van der Waals surface area contributed by atoms with Crippen molar-refractivity contribution >= 4 is 21.7 Å². The average molecular weight is 272 g/mol. The van der Waals surface area contributed by atoms with Gasteiger partial charge >= 0.3 is 5.63 Å². The summed E-state index contributed by atoms with van der Waals surface area (Å²) in [5, 5.41) is 3.16. The number of hydrogen-bond acceptors (Lipinski definition) is 2. The Bertz CT molecular complexity index is 998. The van der Waals surface area contributed by atoms with Gasteiger partial charge in [-0.05, 0) is 34.0 Å². The van der Waals surface area contributed by atoms with Crippen LogP contribution in [-0.4, -0.2) is 0 Å². The Morgan fingerprint density at radius 3 is 2.14 bits per heavy atom. The van der Waals surface area contributed by atoms with Crippen LogP contribution in [-0.2, 0) is 0 Å². The molecule has 0 saturated carbocycles. The zero-order chi connectivity index (χ0) is 14.2. The lowest BCUT2D eigenvalue weighted by molar-refractivity contribution is 0.562. The largest absolute Gasteiger partial charge is 0.423 e. The number of benzene rings is 3. The Hall–Kier alpha value is -2.87. The van der Waals surface area contributed by atoms with Crippen LogP contribution in [0.25, 0.3) is 32.9 Å². The molecule has 0 aliphatic rings. The highest BCUT2D eigenvalue weighted by Crippen LogP contribution is 2.30. The molecule has 0 bridgehead atoms. The summed E-state index contributed by atoms with van der Waals surface area (Å²) in [6.45, 7) is 0. The molecular formula is C19H12O2. The summed E-state index contributed by atoms with van der Waals surface area (Å²) in [5.41, 5.74) is 2.23. The lowest BCUT2D eigenvalue weighted by atomic mass is 9.99. The van der Waals surface area contributed by atoms with Gasteiger partial charge in [0.1, 0.15) is 5.58 Å². The third-order valence-electron chi connectivity index (χ3n) is 3.70. The first kappa shape index (κ1) is 11.9. The van der Waals surface area contributed by atoms with Gasteiger partial charge in [0.15, 0.2) is 0 Å². The van der Waals surface area contributed by atoms with E-state index < -0.39 is 0 Å². The van der Waals surface area contributed by atoms with Gasteiger partial charge in [0.25, 0.3) is 0 Å². The summed E-state index contributed by atoms with van der Waals surface area (Å²) in [7, 11) is 0. The van der Waals surface area contributed by atoms with Crippen LogP contribution in [0.3, 0.4) is 0 Å². The van der Waals surface area contributed by atoms with Crippen LogP contribution in [0.1, 0.15) is 0 Å². The number of fused-ring (bicyclic) bond motifs is 2. The van der Waals surface area contributed by atoms with E-state index in [-0.39, 0.29) is 5.63 Å². The fourth-order valence-electron chi connectivity index (χ4n) is 2.70. The molecule has 0 spiro atoms. The van der Waals surface area contributed by atoms with Crippen molar-refractivity contribution in [2.75, 3.05) is 0 Å². The summed E-state index contributed by atoms with van der Waals surface area (Å²) >= 11 is 0. The molecule has 4 aromatic rings. The predicted octanol–water partition coefficient (Wildman–Crippen LogP) is 4.61. The van der Waals surface area contributed by atoms with Crippen molar-refractivity contribution in [2.45, 2.75) is 0 Å². The molecule has 0 N–H and O–H groups in total. The molecule has 1 aromatic heterocycles. The van der Waals surface area contributed by atoms with E-state index in [9.17, 15) is 4.79 Å². The van der Waals surface area contributed by atoms with Crippen LogP contribution in [0.2, 0.25) is 0 Å². The second-order valence-electron chi connectivity index (χ2n) is 5.04. The van der Waals surface area contributed by atoms with Crippen molar-refractivity contribution in [2.24, 2.45) is 0 Å². The minimum Gasteiger partial charge on any atom is -0.423 e. The molecule has 0 amide bonds. The van der Waals surface area contributed by atoms with Gasteiger partial charge in [-0.1, -0.05) is 54.6 Å². The first-order valence-corrected chi connectivity index (χ1v) is 6.83. The fraction of sp³-hybridized carbons (Fsp3) is 0. The quantitative estimate of drug-likeness (QED) is 0.374. The standard InChI is InChI=1S/C19H12O2/c20-19-12-16(13-6-2-1-3-7-13)17-10-14-8-4-5-9-15(14)11-18(17)21-19/h1-12H. The second kappa shape index (κ2) is 4.60. The Morgan fingerprint density at radius 2 is 1.38 bits per heavy atom. The molecule has 1 heterocycles. The lowest BCUT2D eigenvalue weighted by Gasteiger charge is -2.07. The van der Waals surface area contributed by atoms with Crippen molar-refractivity contribution in [1.82, 2.24) is 0 Å². The molecule has 0 aliphatic carbocycles. The van der Waals surface area contributed by atoms with E-state index in [1.54, 1.807) is 6.07 Å². The van der Waals surface area contributed by atoms with Crippen molar-refractivity contribution in [3.63, 3.8) is 0 Å². The molecular weight excluding hydrogens is 260 g/mol. The van der Waals surface area contributed by atoms with E-state index >= 15 is 0 Å². The zero-order valence-electron chi connectivity index (χ0n) is 11.2. The Labute approximate surface area is 121 Å². The van der Waals surface area contributed by atoms with Gasteiger partial charge in [-0.15, -0.1) is 0 Å². The molecule has 21 heavy (non-hydrogen) atoms. The SMILES string of the molecule is O=c1cc(-c2ccccc2)c2cc3ccccc3cc2o1. The molecule has 0 fully saturated rings. The van der Waals surface area contributed by atoms with Gasteiger partial charge in [-0.3, -0.25) is 0 Å². The summed E-state index contributed by atoms with van der Waals surface area (Å²) in [4.78, 5) is 11.8.